The first-order chi connectivity index (χ1) is 8.24. The summed E-state index contributed by atoms with van der Waals surface area (Å²) < 4.78 is 5.30. The molecule has 0 aromatic heterocycles. The van der Waals surface area contributed by atoms with Crippen LogP contribution in [-0.4, -0.2) is 19.1 Å². The van der Waals surface area contributed by atoms with Crippen LogP contribution in [0.25, 0.3) is 0 Å². The molecule has 0 unspecified atom stereocenters. The van der Waals surface area contributed by atoms with E-state index in [9.17, 15) is 4.79 Å². The van der Waals surface area contributed by atoms with Crippen LogP contribution in [0.2, 0.25) is 0 Å². The molecule has 0 fully saturated rings. The summed E-state index contributed by atoms with van der Waals surface area (Å²) in [7, 11) is 0. The van der Waals surface area contributed by atoms with Crippen molar-refractivity contribution >= 4 is 5.97 Å². The van der Waals surface area contributed by atoms with E-state index in [4.69, 9.17) is 4.74 Å². The summed E-state index contributed by atoms with van der Waals surface area (Å²) in [6, 6.07) is 7.55. The minimum atomic E-state index is -0.177. The Morgan fingerprint density at radius 2 is 2.35 bits per heavy atom. The van der Waals surface area contributed by atoms with Crippen molar-refractivity contribution in [3.05, 3.63) is 41.5 Å². The summed E-state index contributed by atoms with van der Waals surface area (Å²) in [5.74, 6) is 0.452. The molecule has 1 aliphatic rings. The molecule has 3 heteroatoms. The fourth-order valence-corrected chi connectivity index (χ4v) is 1.86. The second-order valence-corrected chi connectivity index (χ2v) is 4.28. The second kappa shape index (κ2) is 5.64. The van der Waals surface area contributed by atoms with Crippen LogP contribution in [-0.2, 0) is 4.79 Å². The zero-order valence-electron chi connectivity index (χ0n) is 10.0. The molecule has 0 saturated heterocycles. The second-order valence-electron chi connectivity index (χ2n) is 4.28. The van der Waals surface area contributed by atoms with Gasteiger partial charge in [0, 0.05) is 6.54 Å². The van der Waals surface area contributed by atoms with E-state index in [0.29, 0.717) is 12.2 Å². The van der Waals surface area contributed by atoms with Crippen molar-refractivity contribution < 1.29 is 9.53 Å². The first-order valence-corrected chi connectivity index (χ1v) is 5.90. The van der Waals surface area contributed by atoms with Crippen molar-refractivity contribution in [1.82, 2.24) is 5.32 Å². The van der Waals surface area contributed by atoms with Gasteiger partial charge < -0.3 is 10.1 Å². The average molecular weight is 231 g/mol. The number of hydrogen-bond donors (Lipinski definition) is 1. The van der Waals surface area contributed by atoms with Crippen molar-refractivity contribution in [2.45, 2.75) is 19.8 Å². The third kappa shape index (κ3) is 3.71. The molecule has 2 rings (SSSR count). The van der Waals surface area contributed by atoms with Crippen LogP contribution < -0.4 is 10.1 Å². The molecule has 3 nitrogen and oxygen atoms in total. The molecule has 0 amide bonds. The van der Waals surface area contributed by atoms with Crippen molar-refractivity contribution in [2.75, 3.05) is 13.1 Å². The molecule has 0 atom stereocenters. The van der Waals surface area contributed by atoms with Crippen LogP contribution >= 0.6 is 0 Å². The molecule has 1 aliphatic heterocycles. The van der Waals surface area contributed by atoms with Crippen LogP contribution in [0.3, 0.4) is 0 Å². The van der Waals surface area contributed by atoms with Crippen molar-refractivity contribution in [1.29, 1.82) is 0 Å². The van der Waals surface area contributed by atoms with E-state index in [-0.39, 0.29) is 5.97 Å². The van der Waals surface area contributed by atoms with Crippen LogP contribution in [0.1, 0.15) is 18.4 Å². The van der Waals surface area contributed by atoms with Crippen molar-refractivity contribution in [3.63, 3.8) is 0 Å². The van der Waals surface area contributed by atoms with Crippen molar-refractivity contribution in [3.8, 4) is 5.75 Å². The number of carbonyl (C=O) groups is 1. The van der Waals surface area contributed by atoms with E-state index < -0.39 is 0 Å². The fraction of sp³-hybridized carbons (Fsp3) is 0.357. The Labute approximate surface area is 101 Å². The van der Waals surface area contributed by atoms with E-state index in [1.165, 1.54) is 5.57 Å². The SMILES string of the molecule is Cc1cccc(OC(=O)CC2=CCNCC2)c1. The molecule has 0 saturated carbocycles. The molecule has 90 valence electrons. The van der Waals surface area contributed by atoms with Crippen LogP contribution in [0.15, 0.2) is 35.9 Å². The highest BCUT2D eigenvalue weighted by Gasteiger charge is 2.10. The van der Waals surface area contributed by atoms with Crippen LogP contribution in [0.5, 0.6) is 5.75 Å². The Bertz CT molecular complexity index is 438. The van der Waals surface area contributed by atoms with Gasteiger partial charge in [-0.25, -0.2) is 0 Å². The molecular weight excluding hydrogens is 214 g/mol. The number of esters is 1. The lowest BCUT2D eigenvalue weighted by Gasteiger charge is -2.13. The summed E-state index contributed by atoms with van der Waals surface area (Å²) in [5, 5.41) is 3.22. The zero-order chi connectivity index (χ0) is 12.1. The maximum absolute atomic E-state index is 11.7. The van der Waals surface area contributed by atoms with Gasteiger partial charge in [0.2, 0.25) is 0 Å². The van der Waals surface area contributed by atoms with Gasteiger partial charge >= 0.3 is 5.97 Å². The van der Waals surface area contributed by atoms with E-state index in [2.05, 4.69) is 11.4 Å². The topological polar surface area (TPSA) is 38.3 Å². The van der Waals surface area contributed by atoms with E-state index in [1.807, 2.05) is 31.2 Å². The molecule has 1 aromatic carbocycles. The molecule has 0 bridgehead atoms. The smallest absolute Gasteiger partial charge is 0.315 e. The number of carbonyl (C=O) groups excluding carboxylic acids is 1. The quantitative estimate of drug-likeness (QED) is 0.492. The first-order valence-electron chi connectivity index (χ1n) is 5.90. The Morgan fingerprint density at radius 3 is 3.06 bits per heavy atom. The maximum atomic E-state index is 11.7. The number of nitrogens with one attached hydrogen (secondary N) is 1. The standard InChI is InChI=1S/C14H17NO2/c1-11-3-2-4-13(9-11)17-14(16)10-12-5-7-15-8-6-12/h2-5,9,15H,6-8,10H2,1H3. The Kier molecular flexibility index (Phi) is 3.94. The van der Waals surface area contributed by atoms with Gasteiger partial charge in [0.25, 0.3) is 0 Å². The third-order valence-corrected chi connectivity index (χ3v) is 2.75. The van der Waals surface area contributed by atoms with Gasteiger partial charge in [-0.05, 0) is 37.6 Å². The summed E-state index contributed by atoms with van der Waals surface area (Å²) in [4.78, 5) is 11.7. The summed E-state index contributed by atoms with van der Waals surface area (Å²) >= 11 is 0. The number of aryl methyl sites for hydroxylation is 1. The lowest BCUT2D eigenvalue weighted by molar-refractivity contribution is -0.133. The monoisotopic (exact) mass is 231 g/mol. The number of rotatable bonds is 3. The van der Waals surface area contributed by atoms with Gasteiger partial charge in [-0.2, -0.15) is 0 Å². The number of ether oxygens (including phenoxy) is 1. The Balaban J connectivity index is 1.91. The molecule has 0 radical (unpaired) electrons. The van der Waals surface area contributed by atoms with Gasteiger partial charge in [-0.15, -0.1) is 0 Å². The number of benzene rings is 1. The summed E-state index contributed by atoms with van der Waals surface area (Å²) in [6.45, 7) is 3.78. The predicted octanol–water partition coefficient (Wildman–Crippen LogP) is 2.21. The summed E-state index contributed by atoms with van der Waals surface area (Å²) in [5.41, 5.74) is 2.26. The highest BCUT2D eigenvalue weighted by atomic mass is 16.5. The highest BCUT2D eigenvalue weighted by Crippen LogP contribution is 2.15. The largest absolute Gasteiger partial charge is 0.426 e. The Morgan fingerprint density at radius 1 is 1.47 bits per heavy atom. The van der Waals surface area contributed by atoms with Gasteiger partial charge in [0.05, 0.1) is 6.42 Å². The zero-order valence-corrected chi connectivity index (χ0v) is 10.0. The lowest BCUT2D eigenvalue weighted by atomic mass is 10.1. The molecule has 0 aliphatic carbocycles. The third-order valence-electron chi connectivity index (χ3n) is 2.75. The van der Waals surface area contributed by atoms with Crippen LogP contribution in [0.4, 0.5) is 0 Å². The molecule has 1 heterocycles. The van der Waals surface area contributed by atoms with Gasteiger partial charge in [-0.3, -0.25) is 4.79 Å². The molecular formula is C14H17NO2. The average Bonchev–Trinajstić information content (AvgIpc) is 2.30. The molecule has 17 heavy (non-hydrogen) atoms. The fourth-order valence-electron chi connectivity index (χ4n) is 1.86. The van der Waals surface area contributed by atoms with E-state index in [0.717, 1.165) is 25.1 Å². The van der Waals surface area contributed by atoms with Crippen molar-refractivity contribution in [2.24, 2.45) is 0 Å². The highest BCUT2D eigenvalue weighted by molar-refractivity contribution is 5.75. The minimum Gasteiger partial charge on any atom is -0.426 e. The van der Waals surface area contributed by atoms with Gasteiger partial charge in [-0.1, -0.05) is 23.8 Å². The first kappa shape index (κ1) is 11.9. The summed E-state index contributed by atoms with van der Waals surface area (Å²) in [6.07, 6.45) is 3.40. The normalized spacial score (nSPS) is 15.2. The maximum Gasteiger partial charge on any atom is 0.315 e. The van der Waals surface area contributed by atoms with Crippen LogP contribution in [0, 0.1) is 6.92 Å². The molecule has 1 N–H and O–H groups in total. The minimum absolute atomic E-state index is 0.177. The molecule has 0 spiro atoms. The predicted molar refractivity (Wildman–Crippen MR) is 67.0 cm³/mol. The lowest BCUT2D eigenvalue weighted by Crippen LogP contribution is -2.22. The van der Waals surface area contributed by atoms with Gasteiger partial charge in [0.15, 0.2) is 0 Å². The molecule has 1 aromatic rings. The number of hydrogen-bond acceptors (Lipinski definition) is 3. The van der Waals surface area contributed by atoms with E-state index in [1.54, 1.807) is 0 Å². The Hall–Kier alpha value is -1.61. The van der Waals surface area contributed by atoms with E-state index >= 15 is 0 Å². The van der Waals surface area contributed by atoms with Gasteiger partial charge in [0.1, 0.15) is 5.75 Å².